The molecule has 1 heteroatoms. The monoisotopic (exact) mass is 218 g/mol. The van der Waals surface area contributed by atoms with Crippen LogP contribution in [0.5, 0.6) is 0 Å². The number of Topliss-reactive ketones (excluding diaryl/α,β-unsaturated/α-hetero) is 1. The minimum Gasteiger partial charge on any atom is -0.295 e. The summed E-state index contributed by atoms with van der Waals surface area (Å²) in [6, 6.07) is 0. The Hall–Kier alpha value is -1.11. The Balaban J connectivity index is 3.15. The fraction of sp³-hybridized carbons (Fsp3) is 0.533. The fourth-order valence-corrected chi connectivity index (χ4v) is 2.56. The molecule has 0 aromatic rings. The van der Waals surface area contributed by atoms with Crippen LogP contribution in [0, 0.1) is 11.3 Å². The molecule has 1 aliphatic rings. The van der Waals surface area contributed by atoms with E-state index in [0.717, 1.165) is 23.1 Å². The van der Waals surface area contributed by atoms with Crippen LogP contribution in [0.4, 0.5) is 0 Å². The lowest BCUT2D eigenvalue weighted by Crippen LogP contribution is -2.35. The van der Waals surface area contributed by atoms with Gasteiger partial charge < -0.3 is 0 Å². The minimum atomic E-state index is -0.123. The van der Waals surface area contributed by atoms with E-state index in [1.807, 2.05) is 26.8 Å². The van der Waals surface area contributed by atoms with Gasteiger partial charge in [0, 0.05) is 6.42 Å². The van der Waals surface area contributed by atoms with Gasteiger partial charge in [-0.1, -0.05) is 30.7 Å². The van der Waals surface area contributed by atoms with Crippen molar-refractivity contribution in [1.29, 1.82) is 0 Å². The van der Waals surface area contributed by atoms with Gasteiger partial charge in [-0.25, -0.2) is 0 Å². The topological polar surface area (TPSA) is 17.1 Å². The maximum atomic E-state index is 12.0. The molecule has 0 N–H and O–H groups in total. The predicted molar refractivity (Wildman–Crippen MR) is 69.2 cm³/mol. The highest BCUT2D eigenvalue weighted by Crippen LogP contribution is 2.46. The van der Waals surface area contributed by atoms with E-state index in [1.165, 1.54) is 0 Å². The molecule has 1 rings (SSSR count). The summed E-state index contributed by atoms with van der Waals surface area (Å²) in [5.74, 6) is 0.618. The molecule has 0 aliphatic heterocycles. The zero-order chi connectivity index (χ0) is 12.5. The molecule has 0 radical (unpaired) electrons. The second-order valence-electron chi connectivity index (χ2n) is 5.39. The Labute approximate surface area is 98.9 Å². The van der Waals surface area contributed by atoms with Crippen molar-refractivity contribution in [3.8, 4) is 0 Å². The van der Waals surface area contributed by atoms with Gasteiger partial charge >= 0.3 is 0 Å². The fourth-order valence-electron chi connectivity index (χ4n) is 2.56. The van der Waals surface area contributed by atoms with E-state index in [9.17, 15) is 4.79 Å². The molecule has 0 bridgehead atoms. The van der Waals surface area contributed by atoms with Crippen molar-refractivity contribution in [3.05, 3.63) is 36.0 Å². The van der Waals surface area contributed by atoms with Crippen molar-refractivity contribution in [3.63, 3.8) is 0 Å². The Bertz CT molecular complexity index is 369. The van der Waals surface area contributed by atoms with Gasteiger partial charge in [-0.3, -0.25) is 4.79 Å². The smallest absolute Gasteiger partial charge is 0.159 e. The number of allylic oxidation sites excluding steroid dienone is 4. The molecule has 0 unspecified atom stereocenters. The number of rotatable bonds is 2. The molecular formula is C15H22O. The highest BCUT2D eigenvalue weighted by molar-refractivity contribution is 5.97. The van der Waals surface area contributed by atoms with Crippen molar-refractivity contribution in [2.75, 3.05) is 0 Å². The molecule has 0 amide bonds. The maximum Gasteiger partial charge on any atom is 0.159 e. The van der Waals surface area contributed by atoms with E-state index < -0.39 is 0 Å². The van der Waals surface area contributed by atoms with Gasteiger partial charge in [-0.15, -0.1) is 6.58 Å². The Morgan fingerprint density at radius 3 is 2.38 bits per heavy atom. The van der Waals surface area contributed by atoms with Crippen LogP contribution in [0.1, 0.15) is 40.5 Å². The van der Waals surface area contributed by atoms with Crippen LogP contribution in [-0.4, -0.2) is 5.78 Å². The molecule has 0 spiro atoms. The van der Waals surface area contributed by atoms with Crippen molar-refractivity contribution in [2.24, 2.45) is 11.3 Å². The van der Waals surface area contributed by atoms with E-state index in [4.69, 9.17) is 0 Å². The molecule has 1 nitrogen and oxygen atoms in total. The van der Waals surface area contributed by atoms with Crippen molar-refractivity contribution in [2.45, 2.75) is 40.5 Å². The summed E-state index contributed by atoms with van der Waals surface area (Å²) in [4.78, 5) is 12.0. The quantitative estimate of drug-likeness (QED) is 0.504. The largest absolute Gasteiger partial charge is 0.295 e. The lowest BCUT2D eigenvalue weighted by molar-refractivity contribution is -0.119. The number of carbonyl (C=O) groups is 1. The standard InChI is InChI=1S/C15H22O/c1-7-15(6)9-14(16)12(10(2)3)8-13(15)11(4)5/h7,13H,1,4,8-9H2,2-3,5-6H3/t13-,15-/m0/s1. The van der Waals surface area contributed by atoms with Crippen molar-refractivity contribution >= 4 is 5.78 Å². The minimum absolute atomic E-state index is 0.123. The van der Waals surface area contributed by atoms with E-state index in [1.54, 1.807) is 0 Å². The molecular weight excluding hydrogens is 196 g/mol. The third-order valence-corrected chi connectivity index (χ3v) is 3.75. The average Bonchev–Trinajstić information content (AvgIpc) is 2.16. The third-order valence-electron chi connectivity index (χ3n) is 3.75. The summed E-state index contributed by atoms with van der Waals surface area (Å²) in [7, 11) is 0. The average molecular weight is 218 g/mol. The van der Waals surface area contributed by atoms with Crippen LogP contribution in [-0.2, 0) is 4.79 Å². The Morgan fingerprint density at radius 2 is 2.00 bits per heavy atom. The van der Waals surface area contributed by atoms with Crippen molar-refractivity contribution in [1.82, 2.24) is 0 Å². The first kappa shape index (κ1) is 13.0. The highest BCUT2D eigenvalue weighted by atomic mass is 16.1. The lowest BCUT2D eigenvalue weighted by Gasteiger charge is -2.40. The van der Waals surface area contributed by atoms with E-state index in [2.05, 4.69) is 20.1 Å². The first-order chi connectivity index (χ1) is 7.31. The normalized spacial score (nSPS) is 30.1. The van der Waals surface area contributed by atoms with E-state index >= 15 is 0 Å². The summed E-state index contributed by atoms with van der Waals surface area (Å²) < 4.78 is 0. The molecule has 0 aromatic heterocycles. The van der Waals surface area contributed by atoms with Crippen LogP contribution in [0.2, 0.25) is 0 Å². The molecule has 2 atom stereocenters. The number of hydrogen-bond acceptors (Lipinski definition) is 1. The second-order valence-corrected chi connectivity index (χ2v) is 5.39. The molecule has 1 fully saturated rings. The van der Waals surface area contributed by atoms with E-state index in [0.29, 0.717) is 12.3 Å². The lowest BCUT2D eigenvalue weighted by atomic mass is 9.63. The summed E-state index contributed by atoms with van der Waals surface area (Å²) in [5.41, 5.74) is 3.16. The van der Waals surface area contributed by atoms with Gasteiger partial charge in [-0.2, -0.15) is 0 Å². The van der Waals surface area contributed by atoms with Gasteiger partial charge in [0.15, 0.2) is 5.78 Å². The third kappa shape index (κ3) is 2.18. The Kier molecular flexibility index (Phi) is 3.57. The first-order valence-corrected chi connectivity index (χ1v) is 5.80. The number of hydrogen-bond donors (Lipinski definition) is 0. The van der Waals surface area contributed by atoms with Crippen LogP contribution in [0.25, 0.3) is 0 Å². The summed E-state index contributed by atoms with van der Waals surface area (Å²) >= 11 is 0. The van der Waals surface area contributed by atoms with Gasteiger partial charge in [0.05, 0.1) is 0 Å². The van der Waals surface area contributed by atoms with Gasteiger partial charge in [0.1, 0.15) is 0 Å². The number of ketones is 1. The molecule has 0 aromatic carbocycles. The first-order valence-electron chi connectivity index (χ1n) is 5.80. The van der Waals surface area contributed by atoms with Crippen LogP contribution >= 0.6 is 0 Å². The zero-order valence-electron chi connectivity index (χ0n) is 10.9. The summed E-state index contributed by atoms with van der Waals surface area (Å²) in [6.07, 6.45) is 3.31. The van der Waals surface area contributed by atoms with Crippen molar-refractivity contribution < 1.29 is 4.79 Å². The molecule has 88 valence electrons. The molecule has 0 saturated heterocycles. The highest BCUT2D eigenvalue weighted by Gasteiger charge is 2.40. The maximum absolute atomic E-state index is 12.0. The van der Waals surface area contributed by atoms with E-state index in [-0.39, 0.29) is 11.2 Å². The predicted octanol–water partition coefficient (Wildman–Crippen LogP) is 4.07. The molecule has 16 heavy (non-hydrogen) atoms. The zero-order valence-corrected chi connectivity index (χ0v) is 10.9. The summed E-state index contributed by atoms with van der Waals surface area (Å²) in [5, 5.41) is 0. The van der Waals surface area contributed by atoms with Gasteiger partial charge in [0.2, 0.25) is 0 Å². The second kappa shape index (κ2) is 4.40. The SMILES string of the molecule is C=C[C@@]1(C)CC(=O)C(=C(C)C)C[C@H]1C(=C)C. The molecule has 1 aliphatic carbocycles. The molecule has 1 saturated carbocycles. The summed E-state index contributed by atoms with van der Waals surface area (Å²) in [6.45, 7) is 16.1. The van der Waals surface area contributed by atoms with Gasteiger partial charge in [-0.05, 0) is 44.1 Å². The van der Waals surface area contributed by atoms with Crippen LogP contribution in [0.15, 0.2) is 36.0 Å². The molecule has 0 heterocycles. The Morgan fingerprint density at radius 1 is 1.44 bits per heavy atom. The number of carbonyl (C=O) groups excluding carboxylic acids is 1. The van der Waals surface area contributed by atoms with Crippen LogP contribution < -0.4 is 0 Å². The van der Waals surface area contributed by atoms with Crippen LogP contribution in [0.3, 0.4) is 0 Å². The van der Waals surface area contributed by atoms with Gasteiger partial charge in [0.25, 0.3) is 0 Å².